The lowest BCUT2D eigenvalue weighted by Crippen LogP contribution is -2.37. The summed E-state index contributed by atoms with van der Waals surface area (Å²) in [5.41, 5.74) is 1.11. The van der Waals surface area contributed by atoms with Crippen LogP contribution in [0.5, 0.6) is 0 Å². The van der Waals surface area contributed by atoms with Gasteiger partial charge in [-0.2, -0.15) is 8.42 Å². The van der Waals surface area contributed by atoms with Gasteiger partial charge in [0.15, 0.2) is 5.84 Å². The number of hydrogen-bond donors (Lipinski definition) is 1. The van der Waals surface area contributed by atoms with E-state index in [2.05, 4.69) is 4.40 Å². The molecule has 7 heteroatoms. The van der Waals surface area contributed by atoms with Crippen LogP contribution in [0.3, 0.4) is 0 Å². The molecule has 26 heavy (non-hydrogen) atoms. The molecule has 0 amide bonds. The molecule has 0 saturated carbocycles. The van der Waals surface area contributed by atoms with Gasteiger partial charge in [-0.25, -0.2) is 4.39 Å². The summed E-state index contributed by atoms with van der Waals surface area (Å²) in [7, 11) is -3.73. The maximum Gasteiger partial charge on any atom is 0.285 e. The zero-order valence-corrected chi connectivity index (χ0v) is 15.4. The molecule has 0 bridgehead atoms. The van der Waals surface area contributed by atoms with Crippen molar-refractivity contribution < 1.29 is 17.9 Å². The van der Waals surface area contributed by atoms with Gasteiger partial charge in [0.2, 0.25) is 0 Å². The summed E-state index contributed by atoms with van der Waals surface area (Å²) in [5.74, 6) is 0.198. The fourth-order valence-corrected chi connectivity index (χ4v) is 4.23. The molecule has 0 aromatic heterocycles. The lowest BCUT2D eigenvalue weighted by Gasteiger charge is -2.28. The fourth-order valence-electron chi connectivity index (χ4n) is 3.00. The van der Waals surface area contributed by atoms with Crippen molar-refractivity contribution in [1.82, 2.24) is 4.90 Å². The second-order valence-electron chi connectivity index (χ2n) is 6.75. The Morgan fingerprint density at radius 2 is 1.73 bits per heavy atom. The Kier molecular flexibility index (Phi) is 5.11. The molecule has 5 nitrogen and oxygen atoms in total. The number of hydrogen-bond acceptors (Lipinski definition) is 4. The van der Waals surface area contributed by atoms with Crippen molar-refractivity contribution in [3.63, 3.8) is 0 Å². The lowest BCUT2D eigenvalue weighted by molar-refractivity contribution is 0.139. The largest absolute Gasteiger partial charge is 0.387 e. The summed E-state index contributed by atoms with van der Waals surface area (Å²) in [6.07, 6.45) is -0.896. The summed E-state index contributed by atoms with van der Waals surface area (Å²) in [5, 5.41) is 10.6. The highest BCUT2D eigenvalue weighted by Gasteiger charge is 2.32. The number of halogens is 1. The van der Waals surface area contributed by atoms with Crippen LogP contribution in [0.25, 0.3) is 0 Å². The van der Waals surface area contributed by atoms with Crippen LogP contribution < -0.4 is 0 Å². The average molecular weight is 376 g/mol. The number of rotatable bonds is 5. The van der Waals surface area contributed by atoms with Crippen LogP contribution in [0.1, 0.15) is 31.1 Å². The smallest absolute Gasteiger partial charge is 0.285 e. The first-order valence-corrected chi connectivity index (χ1v) is 9.85. The van der Waals surface area contributed by atoms with Gasteiger partial charge in [0.05, 0.1) is 6.10 Å². The second kappa shape index (κ2) is 7.17. The van der Waals surface area contributed by atoms with E-state index in [0.29, 0.717) is 23.5 Å². The standard InChI is InChI=1S/C19H21FN2O3S/c1-13(2)11-22(12-17(23)14-7-9-15(20)10-8-14)19-16-5-3-4-6-18(16)26(24,25)21-19/h3-10,13,17,23H,11-12H2,1-2H3. The summed E-state index contributed by atoms with van der Waals surface area (Å²) in [6, 6.07) is 12.3. The predicted molar refractivity (Wildman–Crippen MR) is 97.9 cm³/mol. The molecule has 0 fully saturated rings. The third-order valence-electron chi connectivity index (χ3n) is 4.15. The van der Waals surface area contributed by atoms with Crippen LogP contribution in [-0.2, 0) is 10.0 Å². The van der Waals surface area contributed by atoms with Gasteiger partial charge in [-0.15, -0.1) is 4.40 Å². The van der Waals surface area contributed by atoms with Crippen molar-refractivity contribution in [3.05, 3.63) is 65.5 Å². The van der Waals surface area contributed by atoms with Crippen LogP contribution in [0, 0.1) is 11.7 Å². The van der Waals surface area contributed by atoms with Crippen molar-refractivity contribution in [3.8, 4) is 0 Å². The number of fused-ring (bicyclic) bond motifs is 1. The number of aliphatic hydroxyl groups excluding tert-OH is 1. The van der Waals surface area contributed by atoms with E-state index >= 15 is 0 Å². The molecule has 1 aliphatic heterocycles. The Morgan fingerprint density at radius 3 is 2.38 bits per heavy atom. The molecule has 1 atom stereocenters. The molecule has 1 heterocycles. The zero-order chi connectivity index (χ0) is 18.9. The van der Waals surface area contributed by atoms with Crippen molar-refractivity contribution in [2.75, 3.05) is 13.1 Å². The first-order chi connectivity index (χ1) is 12.3. The van der Waals surface area contributed by atoms with Crippen molar-refractivity contribution in [2.45, 2.75) is 24.8 Å². The van der Waals surface area contributed by atoms with Gasteiger partial charge < -0.3 is 10.0 Å². The van der Waals surface area contributed by atoms with Crippen molar-refractivity contribution in [2.24, 2.45) is 10.3 Å². The number of aliphatic hydroxyl groups is 1. The third-order valence-corrected chi connectivity index (χ3v) is 5.47. The van der Waals surface area contributed by atoms with Crippen LogP contribution in [-0.4, -0.2) is 37.3 Å². The molecule has 0 aliphatic carbocycles. The summed E-state index contributed by atoms with van der Waals surface area (Å²) < 4.78 is 41.7. The van der Waals surface area contributed by atoms with Crippen molar-refractivity contribution >= 4 is 15.9 Å². The first kappa shape index (κ1) is 18.5. The molecule has 2 aromatic carbocycles. The number of benzene rings is 2. The van der Waals surface area contributed by atoms with E-state index in [-0.39, 0.29) is 23.2 Å². The summed E-state index contributed by atoms with van der Waals surface area (Å²) in [6.45, 7) is 4.70. The average Bonchev–Trinajstić information content (AvgIpc) is 2.86. The lowest BCUT2D eigenvalue weighted by atomic mass is 10.1. The van der Waals surface area contributed by atoms with E-state index in [0.717, 1.165) is 0 Å². The molecule has 1 aliphatic rings. The minimum atomic E-state index is -3.73. The third kappa shape index (κ3) is 3.78. The topological polar surface area (TPSA) is 70.0 Å². The fraction of sp³-hybridized carbons (Fsp3) is 0.316. The monoisotopic (exact) mass is 376 g/mol. The van der Waals surface area contributed by atoms with E-state index in [9.17, 15) is 17.9 Å². The first-order valence-electron chi connectivity index (χ1n) is 8.41. The molecular formula is C19H21FN2O3S. The number of sulfonamides is 1. The van der Waals surface area contributed by atoms with Crippen LogP contribution in [0.2, 0.25) is 0 Å². The molecule has 1 unspecified atom stereocenters. The van der Waals surface area contributed by atoms with Gasteiger partial charge in [0.25, 0.3) is 10.0 Å². The molecule has 3 rings (SSSR count). The van der Waals surface area contributed by atoms with E-state index in [1.807, 2.05) is 13.8 Å². The summed E-state index contributed by atoms with van der Waals surface area (Å²) in [4.78, 5) is 1.96. The van der Waals surface area contributed by atoms with Gasteiger partial charge in [-0.3, -0.25) is 0 Å². The Balaban J connectivity index is 1.93. The minimum absolute atomic E-state index is 0.159. The van der Waals surface area contributed by atoms with Gasteiger partial charge >= 0.3 is 0 Å². The van der Waals surface area contributed by atoms with Crippen LogP contribution in [0.4, 0.5) is 4.39 Å². The predicted octanol–water partition coefficient (Wildman–Crippen LogP) is 2.97. The molecule has 0 saturated heterocycles. The maximum absolute atomic E-state index is 13.1. The maximum atomic E-state index is 13.1. The van der Waals surface area contributed by atoms with E-state index in [4.69, 9.17) is 0 Å². The molecule has 0 spiro atoms. The van der Waals surface area contributed by atoms with E-state index < -0.39 is 16.1 Å². The zero-order valence-electron chi connectivity index (χ0n) is 14.6. The highest BCUT2D eigenvalue weighted by molar-refractivity contribution is 7.90. The van der Waals surface area contributed by atoms with E-state index in [1.54, 1.807) is 23.1 Å². The Morgan fingerprint density at radius 1 is 1.08 bits per heavy atom. The van der Waals surface area contributed by atoms with Gasteiger partial charge in [0, 0.05) is 18.7 Å². The van der Waals surface area contributed by atoms with Gasteiger partial charge in [0.1, 0.15) is 10.7 Å². The SMILES string of the molecule is CC(C)CN(CC(O)c1ccc(F)cc1)C1=NS(=O)(=O)c2ccccc21. The Hall–Kier alpha value is -2.25. The van der Waals surface area contributed by atoms with Crippen LogP contribution >= 0.6 is 0 Å². The Labute approximate surface area is 152 Å². The Bertz CT molecular complexity index is 924. The summed E-state index contributed by atoms with van der Waals surface area (Å²) >= 11 is 0. The molecular weight excluding hydrogens is 355 g/mol. The molecule has 0 radical (unpaired) electrons. The highest BCUT2D eigenvalue weighted by Crippen LogP contribution is 2.29. The quantitative estimate of drug-likeness (QED) is 0.871. The molecule has 2 aromatic rings. The number of amidine groups is 1. The highest BCUT2D eigenvalue weighted by atomic mass is 32.2. The van der Waals surface area contributed by atoms with Gasteiger partial charge in [-0.1, -0.05) is 38.1 Å². The second-order valence-corrected chi connectivity index (χ2v) is 8.32. The molecule has 1 N–H and O–H groups in total. The van der Waals surface area contributed by atoms with E-state index in [1.165, 1.54) is 30.3 Å². The minimum Gasteiger partial charge on any atom is -0.387 e. The number of nitrogens with zero attached hydrogens (tertiary/aromatic N) is 2. The van der Waals surface area contributed by atoms with Gasteiger partial charge in [-0.05, 0) is 35.7 Å². The van der Waals surface area contributed by atoms with Crippen LogP contribution in [0.15, 0.2) is 57.8 Å². The molecule has 138 valence electrons. The van der Waals surface area contributed by atoms with Crippen molar-refractivity contribution in [1.29, 1.82) is 0 Å². The normalized spacial score (nSPS) is 16.3.